The zero-order chi connectivity index (χ0) is 15.1. The number of nitrogens with two attached hydrogens (primary N) is 1. The number of hydrogen-bond acceptors (Lipinski definition) is 5. The molecule has 2 rings (SSSR count). The van der Waals surface area contributed by atoms with Crippen LogP contribution in [0, 0.1) is 11.8 Å². The maximum absolute atomic E-state index is 5.77. The Labute approximate surface area is 128 Å². The standard InChI is InChI=1S/C16H17NO3S/c1-18-13-7-14(19-2)9-15(8-13)20-10-16-6-12(11-21-16)4-3-5-17/h6-9,11H,5,10,17H2,1-2H3. The summed E-state index contributed by atoms with van der Waals surface area (Å²) in [6, 6.07) is 7.46. The van der Waals surface area contributed by atoms with Gasteiger partial charge in [-0.15, -0.1) is 11.3 Å². The topological polar surface area (TPSA) is 53.7 Å². The molecule has 4 nitrogen and oxygen atoms in total. The lowest BCUT2D eigenvalue weighted by molar-refractivity contribution is 0.303. The second-order valence-corrected chi connectivity index (χ2v) is 5.14. The monoisotopic (exact) mass is 303 g/mol. The van der Waals surface area contributed by atoms with Gasteiger partial charge < -0.3 is 19.9 Å². The summed E-state index contributed by atoms with van der Waals surface area (Å²) in [5.41, 5.74) is 6.32. The molecule has 0 aliphatic rings. The Kier molecular flexibility index (Phi) is 5.50. The summed E-state index contributed by atoms with van der Waals surface area (Å²) in [4.78, 5) is 1.10. The van der Waals surface area contributed by atoms with Crippen LogP contribution in [0.3, 0.4) is 0 Å². The minimum absolute atomic E-state index is 0.366. The molecule has 1 aromatic carbocycles. The highest BCUT2D eigenvalue weighted by Gasteiger charge is 2.04. The summed E-state index contributed by atoms with van der Waals surface area (Å²) < 4.78 is 16.2. The third kappa shape index (κ3) is 4.42. The number of methoxy groups -OCH3 is 2. The molecule has 0 atom stereocenters. The fraction of sp³-hybridized carbons (Fsp3) is 0.250. The first-order chi connectivity index (χ1) is 10.2. The molecule has 0 amide bonds. The van der Waals surface area contributed by atoms with Crippen LogP contribution in [0.25, 0.3) is 0 Å². The van der Waals surface area contributed by atoms with Crippen LogP contribution >= 0.6 is 11.3 Å². The Balaban J connectivity index is 2.03. The van der Waals surface area contributed by atoms with Crippen molar-refractivity contribution in [2.24, 2.45) is 5.73 Å². The lowest BCUT2D eigenvalue weighted by atomic mass is 10.3. The molecule has 2 N–H and O–H groups in total. The van der Waals surface area contributed by atoms with Crippen LogP contribution in [-0.2, 0) is 6.61 Å². The van der Waals surface area contributed by atoms with Crippen LogP contribution in [-0.4, -0.2) is 20.8 Å². The third-order valence-corrected chi connectivity index (χ3v) is 3.60. The van der Waals surface area contributed by atoms with Gasteiger partial charge in [0.15, 0.2) is 0 Å². The van der Waals surface area contributed by atoms with Crippen molar-refractivity contribution in [3.8, 4) is 29.1 Å². The van der Waals surface area contributed by atoms with E-state index in [0.717, 1.165) is 10.4 Å². The predicted octanol–water partition coefficient (Wildman–Crippen LogP) is 2.65. The Hall–Kier alpha value is -2.16. The van der Waals surface area contributed by atoms with E-state index in [1.807, 2.05) is 23.6 Å². The molecule has 0 radical (unpaired) electrons. The molecule has 0 saturated carbocycles. The van der Waals surface area contributed by atoms with Gasteiger partial charge in [-0.25, -0.2) is 0 Å². The van der Waals surface area contributed by atoms with E-state index in [1.54, 1.807) is 31.6 Å². The van der Waals surface area contributed by atoms with Gasteiger partial charge in [0.2, 0.25) is 0 Å². The molecule has 0 saturated heterocycles. The van der Waals surface area contributed by atoms with Crippen LogP contribution < -0.4 is 19.9 Å². The number of hydrogen-bond donors (Lipinski definition) is 1. The fourth-order valence-corrected chi connectivity index (χ4v) is 2.42. The van der Waals surface area contributed by atoms with E-state index < -0.39 is 0 Å². The average Bonchev–Trinajstić information content (AvgIpc) is 2.98. The second kappa shape index (κ2) is 7.58. The van der Waals surface area contributed by atoms with Gasteiger partial charge in [-0.1, -0.05) is 11.8 Å². The molecule has 5 heteroatoms. The van der Waals surface area contributed by atoms with E-state index in [2.05, 4.69) is 11.8 Å². The quantitative estimate of drug-likeness (QED) is 0.863. The largest absolute Gasteiger partial charge is 0.496 e. The van der Waals surface area contributed by atoms with Crippen LogP contribution in [0.1, 0.15) is 10.4 Å². The molecule has 0 bridgehead atoms. The summed E-state index contributed by atoms with van der Waals surface area (Å²) in [5.74, 6) is 7.93. The SMILES string of the molecule is COc1cc(OC)cc(OCc2cc(C#CCN)cs2)c1. The number of ether oxygens (including phenoxy) is 3. The molecule has 0 unspecified atom stereocenters. The van der Waals surface area contributed by atoms with Crippen LogP contribution in [0.15, 0.2) is 29.6 Å². The van der Waals surface area contributed by atoms with Crippen molar-refractivity contribution in [2.75, 3.05) is 20.8 Å². The minimum Gasteiger partial charge on any atom is -0.496 e. The first-order valence-corrected chi connectivity index (χ1v) is 7.25. The molecule has 0 fully saturated rings. The van der Waals surface area contributed by atoms with E-state index in [0.29, 0.717) is 30.4 Å². The van der Waals surface area contributed by atoms with E-state index in [9.17, 15) is 0 Å². The minimum atomic E-state index is 0.366. The fourth-order valence-electron chi connectivity index (χ4n) is 1.69. The molecule has 2 aromatic rings. The lowest BCUT2D eigenvalue weighted by Gasteiger charge is -2.09. The highest BCUT2D eigenvalue weighted by molar-refractivity contribution is 7.10. The van der Waals surface area contributed by atoms with Crippen molar-refractivity contribution in [3.05, 3.63) is 40.1 Å². The first-order valence-electron chi connectivity index (χ1n) is 6.37. The van der Waals surface area contributed by atoms with E-state index in [-0.39, 0.29) is 0 Å². The normalized spacial score (nSPS) is 9.67. The van der Waals surface area contributed by atoms with Crippen molar-refractivity contribution < 1.29 is 14.2 Å². The van der Waals surface area contributed by atoms with Crippen LogP contribution in [0.2, 0.25) is 0 Å². The number of rotatable bonds is 5. The zero-order valence-electron chi connectivity index (χ0n) is 12.0. The molecular weight excluding hydrogens is 286 g/mol. The van der Waals surface area contributed by atoms with Crippen molar-refractivity contribution in [3.63, 3.8) is 0 Å². The predicted molar refractivity (Wildman–Crippen MR) is 84.1 cm³/mol. The zero-order valence-corrected chi connectivity index (χ0v) is 12.8. The maximum Gasteiger partial charge on any atom is 0.127 e. The first kappa shape index (κ1) is 15.2. The molecule has 0 spiro atoms. The summed E-state index contributed by atoms with van der Waals surface area (Å²) in [6.45, 7) is 0.844. The molecular formula is C16H17NO3S. The Morgan fingerprint density at radius 1 is 1.05 bits per heavy atom. The summed E-state index contributed by atoms with van der Waals surface area (Å²) in [5, 5.41) is 1.99. The van der Waals surface area contributed by atoms with Gasteiger partial charge in [0.05, 0.1) is 20.8 Å². The Morgan fingerprint density at radius 2 is 1.71 bits per heavy atom. The smallest absolute Gasteiger partial charge is 0.127 e. The molecule has 1 aromatic heterocycles. The van der Waals surface area contributed by atoms with Crippen molar-refractivity contribution in [2.45, 2.75) is 6.61 Å². The van der Waals surface area contributed by atoms with Gasteiger partial charge in [-0.05, 0) is 6.07 Å². The van der Waals surface area contributed by atoms with Gasteiger partial charge >= 0.3 is 0 Å². The highest BCUT2D eigenvalue weighted by Crippen LogP contribution is 2.28. The third-order valence-electron chi connectivity index (χ3n) is 2.69. The van der Waals surface area contributed by atoms with Gasteiger partial charge in [0.25, 0.3) is 0 Å². The Morgan fingerprint density at radius 3 is 2.33 bits per heavy atom. The second-order valence-electron chi connectivity index (χ2n) is 4.14. The van der Waals surface area contributed by atoms with Gasteiger partial charge in [-0.2, -0.15) is 0 Å². The number of benzene rings is 1. The maximum atomic E-state index is 5.77. The molecule has 21 heavy (non-hydrogen) atoms. The molecule has 0 aliphatic heterocycles. The molecule has 110 valence electrons. The van der Waals surface area contributed by atoms with Gasteiger partial charge in [0, 0.05) is 34.0 Å². The van der Waals surface area contributed by atoms with Crippen molar-refractivity contribution >= 4 is 11.3 Å². The van der Waals surface area contributed by atoms with Crippen molar-refractivity contribution in [1.29, 1.82) is 0 Å². The van der Waals surface area contributed by atoms with Crippen molar-refractivity contribution in [1.82, 2.24) is 0 Å². The lowest BCUT2D eigenvalue weighted by Crippen LogP contribution is -1.95. The van der Waals surface area contributed by atoms with E-state index in [4.69, 9.17) is 19.9 Å². The summed E-state index contributed by atoms with van der Waals surface area (Å²) >= 11 is 1.61. The summed E-state index contributed by atoms with van der Waals surface area (Å²) in [6.07, 6.45) is 0. The average molecular weight is 303 g/mol. The van der Waals surface area contributed by atoms with Crippen LogP contribution in [0.4, 0.5) is 0 Å². The summed E-state index contributed by atoms with van der Waals surface area (Å²) in [7, 11) is 3.22. The van der Waals surface area contributed by atoms with E-state index >= 15 is 0 Å². The number of thiophene rings is 1. The molecule has 0 aliphatic carbocycles. The van der Waals surface area contributed by atoms with Crippen LogP contribution in [0.5, 0.6) is 17.2 Å². The molecule has 1 heterocycles. The Bertz CT molecular complexity index is 633. The van der Waals surface area contributed by atoms with E-state index in [1.165, 1.54) is 0 Å². The highest BCUT2D eigenvalue weighted by atomic mass is 32.1. The van der Waals surface area contributed by atoms with Gasteiger partial charge in [0.1, 0.15) is 23.9 Å². The van der Waals surface area contributed by atoms with Gasteiger partial charge in [-0.3, -0.25) is 0 Å².